The average molecular weight is 341 g/mol. The molecular weight excluding hydrogens is 314 g/mol. The minimum absolute atomic E-state index is 0.168. The van der Waals surface area contributed by atoms with Crippen LogP contribution >= 0.6 is 0 Å². The molecule has 0 aliphatic carbocycles. The molecule has 134 valence electrons. The van der Waals surface area contributed by atoms with Crippen LogP contribution in [0.1, 0.15) is 24.8 Å². The number of piperidine rings is 1. The van der Waals surface area contributed by atoms with Gasteiger partial charge in [-0.3, -0.25) is 4.90 Å². The predicted molar refractivity (Wildman–Crippen MR) is 101 cm³/mol. The number of piperazine rings is 1. The first-order valence-corrected chi connectivity index (χ1v) is 9.43. The Morgan fingerprint density at radius 3 is 2.44 bits per heavy atom. The Balaban J connectivity index is 1.78. The first-order chi connectivity index (χ1) is 12.2. The van der Waals surface area contributed by atoms with E-state index in [1.807, 2.05) is 18.2 Å². The summed E-state index contributed by atoms with van der Waals surface area (Å²) in [7, 11) is 2.16. The lowest BCUT2D eigenvalue weighted by molar-refractivity contribution is 0.218. The van der Waals surface area contributed by atoms with Crippen molar-refractivity contribution in [3.8, 4) is 0 Å². The molecule has 0 saturated carbocycles. The SMILES string of the molecule is CN1CCN(c2c(CN3CCCCC3)c(=O)oc3ccccc23)CC1. The van der Waals surface area contributed by atoms with Gasteiger partial charge >= 0.3 is 5.63 Å². The van der Waals surface area contributed by atoms with Crippen molar-refractivity contribution in [1.29, 1.82) is 0 Å². The fraction of sp³-hybridized carbons (Fsp3) is 0.550. The van der Waals surface area contributed by atoms with Crippen LogP contribution in [0.4, 0.5) is 5.69 Å². The van der Waals surface area contributed by atoms with Crippen molar-refractivity contribution in [2.45, 2.75) is 25.8 Å². The summed E-state index contributed by atoms with van der Waals surface area (Å²) in [4.78, 5) is 19.9. The summed E-state index contributed by atoms with van der Waals surface area (Å²) < 4.78 is 5.67. The Hall–Kier alpha value is -1.85. The first-order valence-electron chi connectivity index (χ1n) is 9.43. The van der Waals surface area contributed by atoms with Crippen LogP contribution in [0, 0.1) is 0 Å². The van der Waals surface area contributed by atoms with Gasteiger partial charge in [-0.25, -0.2) is 4.79 Å². The zero-order valence-corrected chi connectivity index (χ0v) is 15.0. The van der Waals surface area contributed by atoms with E-state index in [1.165, 1.54) is 19.3 Å². The number of rotatable bonds is 3. The second-order valence-electron chi connectivity index (χ2n) is 7.34. The van der Waals surface area contributed by atoms with Gasteiger partial charge in [-0.2, -0.15) is 0 Å². The van der Waals surface area contributed by atoms with Crippen LogP contribution in [0.15, 0.2) is 33.5 Å². The maximum absolute atomic E-state index is 12.8. The molecule has 25 heavy (non-hydrogen) atoms. The molecule has 4 rings (SSSR count). The number of fused-ring (bicyclic) bond motifs is 1. The molecule has 0 unspecified atom stereocenters. The monoisotopic (exact) mass is 341 g/mol. The molecule has 5 heteroatoms. The largest absolute Gasteiger partial charge is 0.422 e. The van der Waals surface area contributed by atoms with Gasteiger partial charge in [0.15, 0.2) is 0 Å². The summed E-state index contributed by atoms with van der Waals surface area (Å²) in [6.45, 7) is 6.82. The van der Waals surface area contributed by atoms with Crippen LogP contribution in [0.3, 0.4) is 0 Å². The molecule has 2 fully saturated rings. The number of hydrogen-bond donors (Lipinski definition) is 0. The van der Waals surface area contributed by atoms with Gasteiger partial charge in [0, 0.05) is 38.1 Å². The van der Waals surface area contributed by atoms with E-state index < -0.39 is 0 Å². The van der Waals surface area contributed by atoms with Crippen molar-refractivity contribution in [2.75, 3.05) is 51.2 Å². The van der Waals surface area contributed by atoms with Gasteiger partial charge in [-0.05, 0) is 45.1 Å². The lowest BCUT2D eigenvalue weighted by Gasteiger charge is -2.36. The van der Waals surface area contributed by atoms with Gasteiger partial charge in [0.25, 0.3) is 0 Å². The molecule has 2 aliphatic rings. The van der Waals surface area contributed by atoms with Gasteiger partial charge in [0.05, 0.1) is 11.3 Å². The number of hydrogen-bond acceptors (Lipinski definition) is 5. The van der Waals surface area contributed by atoms with Crippen molar-refractivity contribution >= 4 is 16.7 Å². The molecule has 1 aromatic heterocycles. The van der Waals surface area contributed by atoms with Gasteiger partial charge in [-0.15, -0.1) is 0 Å². The number of likely N-dealkylation sites (N-methyl/N-ethyl adjacent to an activating group) is 1. The molecule has 0 spiro atoms. The second kappa shape index (κ2) is 7.18. The highest BCUT2D eigenvalue weighted by Gasteiger charge is 2.24. The van der Waals surface area contributed by atoms with Crippen LogP contribution in [0.25, 0.3) is 11.0 Å². The van der Waals surface area contributed by atoms with Crippen molar-refractivity contribution < 1.29 is 4.42 Å². The van der Waals surface area contributed by atoms with Gasteiger partial charge in [-0.1, -0.05) is 18.6 Å². The topological polar surface area (TPSA) is 39.9 Å². The van der Waals surface area contributed by atoms with E-state index in [2.05, 4.69) is 27.8 Å². The zero-order valence-electron chi connectivity index (χ0n) is 15.0. The molecule has 5 nitrogen and oxygen atoms in total. The summed E-state index contributed by atoms with van der Waals surface area (Å²) in [5.41, 5.74) is 2.47. The standard InChI is InChI=1S/C20H27N3O2/c1-21-11-13-23(14-12-21)19-16-7-3-4-8-18(16)25-20(24)17(19)15-22-9-5-2-6-10-22/h3-4,7-8H,2,5-6,9-15H2,1H3. The Labute approximate surface area is 148 Å². The second-order valence-corrected chi connectivity index (χ2v) is 7.34. The Morgan fingerprint density at radius 1 is 0.960 bits per heavy atom. The highest BCUT2D eigenvalue weighted by atomic mass is 16.4. The van der Waals surface area contributed by atoms with E-state index in [9.17, 15) is 4.79 Å². The molecule has 1 aromatic carbocycles. The number of benzene rings is 1. The molecule has 0 bridgehead atoms. The molecule has 0 amide bonds. The molecular formula is C20H27N3O2. The van der Waals surface area contributed by atoms with E-state index >= 15 is 0 Å². The highest BCUT2D eigenvalue weighted by Crippen LogP contribution is 2.30. The molecule has 0 N–H and O–H groups in total. The maximum Gasteiger partial charge on any atom is 0.342 e. The number of para-hydroxylation sites is 1. The third-order valence-electron chi connectivity index (χ3n) is 5.53. The maximum atomic E-state index is 12.8. The average Bonchev–Trinajstić information content (AvgIpc) is 2.64. The van der Waals surface area contributed by atoms with Crippen LogP contribution in [-0.2, 0) is 6.54 Å². The van der Waals surface area contributed by atoms with Crippen molar-refractivity contribution in [3.63, 3.8) is 0 Å². The smallest absolute Gasteiger partial charge is 0.342 e. The molecule has 2 aliphatic heterocycles. The summed E-state index contributed by atoms with van der Waals surface area (Å²) in [5.74, 6) is 0. The fourth-order valence-corrected chi connectivity index (χ4v) is 4.04. The van der Waals surface area contributed by atoms with Crippen LogP contribution in [0.5, 0.6) is 0 Å². The van der Waals surface area contributed by atoms with Gasteiger partial charge in [0.2, 0.25) is 0 Å². The first kappa shape index (κ1) is 16.6. The zero-order chi connectivity index (χ0) is 17.2. The number of anilines is 1. The third-order valence-corrected chi connectivity index (χ3v) is 5.53. The van der Waals surface area contributed by atoms with Crippen LogP contribution < -0.4 is 10.5 Å². The fourth-order valence-electron chi connectivity index (χ4n) is 4.04. The summed E-state index contributed by atoms with van der Waals surface area (Å²) in [6, 6.07) is 7.96. The third kappa shape index (κ3) is 3.44. The quantitative estimate of drug-likeness (QED) is 0.803. The predicted octanol–water partition coefficient (Wildman–Crippen LogP) is 2.53. The summed E-state index contributed by atoms with van der Waals surface area (Å²) in [5, 5.41) is 1.07. The minimum Gasteiger partial charge on any atom is -0.422 e. The van der Waals surface area contributed by atoms with E-state index in [1.54, 1.807) is 0 Å². The lowest BCUT2D eigenvalue weighted by Crippen LogP contribution is -2.45. The molecule has 3 heterocycles. The van der Waals surface area contributed by atoms with Crippen LogP contribution in [-0.4, -0.2) is 56.1 Å². The Kier molecular flexibility index (Phi) is 4.77. The van der Waals surface area contributed by atoms with Gasteiger partial charge < -0.3 is 14.2 Å². The molecule has 0 radical (unpaired) electrons. The van der Waals surface area contributed by atoms with Crippen molar-refractivity contribution in [2.24, 2.45) is 0 Å². The van der Waals surface area contributed by atoms with E-state index in [0.29, 0.717) is 12.1 Å². The minimum atomic E-state index is -0.168. The molecule has 2 aromatic rings. The van der Waals surface area contributed by atoms with Crippen molar-refractivity contribution in [1.82, 2.24) is 9.80 Å². The molecule has 2 saturated heterocycles. The van der Waals surface area contributed by atoms with E-state index in [0.717, 1.165) is 55.9 Å². The normalized spacial score (nSPS) is 20.3. The van der Waals surface area contributed by atoms with Crippen LogP contribution in [0.2, 0.25) is 0 Å². The summed E-state index contributed by atoms with van der Waals surface area (Å²) in [6.07, 6.45) is 3.75. The highest BCUT2D eigenvalue weighted by molar-refractivity contribution is 5.92. The van der Waals surface area contributed by atoms with E-state index in [4.69, 9.17) is 4.42 Å². The Morgan fingerprint density at radius 2 is 1.68 bits per heavy atom. The lowest BCUT2D eigenvalue weighted by atomic mass is 10.1. The summed E-state index contributed by atoms with van der Waals surface area (Å²) >= 11 is 0. The number of nitrogens with zero attached hydrogens (tertiary/aromatic N) is 3. The molecule has 0 atom stereocenters. The van der Waals surface area contributed by atoms with E-state index in [-0.39, 0.29) is 5.63 Å². The van der Waals surface area contributed by atoms with Crippen molar-refractivity contribution in [3.05, 3.63) is 40.2 Å². The number of likely N-dealkylation sites (tertiary alicyclic amines) is 1. The Bertz CT molecular complexity index is 787. The van der Waals surface area contributed by atoms with Gasteiger partial charge in [0.1, 0.15) is 5.58 Å².